The minimum absolute atomic E-state index is 0. The number of rotatable bonds is 6. The van der Waals surface area contributed by atoms with E-state index in [1.165, 1.54) is 18.4 Å². The number of hydrogen-bond donors (Lipinski definition) is 1. The maximum atomic E-state index is 5.52. The summed E-state index contributed by atoms with van der Waals surface area (Å²) < 4.78 is 7.68. The molecule has 1 fully saturated rings. The van der Waals surface area contributed by atoms with Gasteiger partial charge < -0.3 is 14.4 Å². The zero-order chi connectivity index (χ0) is 19.5. The number of piperidine rings is 1. The van der Waals surface area contributed by atoms with Crippen LogP contribution in [0.15, 0.2) is 59.4 Å². The summed E-state index contributed by atoms with van der Waals surface area (Å²) in [6.07, 6.45) is 6.36. The standard InChI is InChI=1S/C23H25N5O.ClH/c1-2-7-21-20(6-1)25-16-28(21)15-18-4-3-5-19(14-18)23-26-22(29-27-23)9-8-17-10-12-24-13-11-17;/h1-7,14,16-17,24H,8-13,15H2;1H. The monoisotopic (exact) mass is 423 g/mol. The molecule has 0 atom stereocenters. The van der Waals surface area contributed by atoms with Crippen LogP contribution in [-0.2, 0) is 13.0 Å². The summed E-state index contributed by atoms with van der Waals surface area (Å²) in [5.41, 5.74) is 4.33. The third-order valence-corrected chi connectivity index (χ3v) is 5.76. The molecule has 0 radical (unpaired) electrons. The number of fused-ring (bicyclic) bond motifs is 1. The fraction of sp³-hybridized carbons (Fsp3) is 0.348. The van der Waals surface area contributed by atoms with Gasteiger partial charge in [-0.15, -0.1) is 12.4 Å². The summed E-state index contributed by atoms with van der Waals surface area (Å²) in [5, 5.41) is 7.63. The molecule has 6 nitrogen and oxygen atoms in total. The van der Waals surface area contributed by atoms with E-state index in [9.17, 15) is 0 Å². The molecule has 1 N–H and O–H groups in total. The number of imidazole rings is 1. The van der Waals surface area contributed by atoms with Gasteiger partial charge in [-0.1, -0.05) is 35.5 Å². The summed E-state index contributed by atoms with van der Waals surface area (Å²) in [6.45, 7) is 3.01. The second kappa shape index (κ2) is 9.41. The first-order valence-electron chi connectivity index (χ1n) is 10.4. The minimum Gasteiger partial charge on any atom is -0.339 e. The van der Waals surface area contributed by atoms with Crippen molar-refractivity contribution in [1.82, 2.24) is 25.0 Å². The van der Waals surface area contributed by atoms with Gasteiger partial charge in [0.15, 0.2) is 0 Å². The Bertz CT molecular complexity index is 1100. The average Bonchev–Trinajstić information content (AvgIpc) is 3.41. The van der Waals surface area contributed by atoms with Crippen LogP contribution in [0.4, 0.5) is 0 Å². The number of nitrogens with zero attached hydrogens (tertiary/aromatic N) is 4. The van der Waals surface area contributed by atoms with Gasteiger partial charge in [0.2, 0.25) is 11.7 Å². The lowest BCUT2D eigenvalue weighted by molar-refractivity contribution is 0.324. The van der Waals surface area contributed by atoms with Crippen molar-refractivity contribution in [2.45, 2.75) is 32.2 Å². The minimum atomic E-state index is 0. The van der Waals surface area contributed by atoms with Crippen LogP contribution in [-0.4, -0.2) is 32.8 Å². The van der Waals surface area contributed by atoms with Crippen molar-refractivity contribution in [3.05, 3.63) is 66.3 Å². The molecule has 1 saturated heterocycles. The van der Waals surface area contributed by atoms with Gasteiger partial charge in [-0.2, -0.15) is 4.98 Å². The number of para-hydroxylation sites is 2. The maximum Gasteiger partial charge on any atom is 0.226 e. The van der Waals surface area contributed by atoms with Gasteiger partial charge in [0, 0.05) is 18.5 Å². The molecule has 2 aromatic carbocycles. The van der Waals surface area contributed by atoms with E-state index in [1.807, 2.05) is 30.6 Å². The van der Waals surface area contributed by atoms with Crippen LogP contribution < -0.4 is 5.32 Å². The Balaban J connectivity index is 0.00000218. The topological polar surface area (TPSA) is 68.8 Å². The molecule has 4 aromatic rings. The third-order valence-electron chi connectivity index (χ3n) is 5.76. The van der Waals surface area contributed by atoms with Crippen molar-refractivity contribution in [3.63, 3.8) is 0 Å². The number of benzene rings is 2. The predicted molar refractivity (Wildman–Crippen MR) is 120 cm³/mol. The Morgan fingerprint density at radius 1 is 1.07 bits per heavy atom. The van der Waals surface area contributed by atoms with Crippen molar-refractivity contribution < 1.29 is 4.52 Å². The van der Waals surface area contributed by atoms with E-state index in [2.05, 4.69) is 49.3 Å². The molecule has 5 rings (SSSR count). The lowest BCUT2D eigenvalue weighted by Gasteiger charge is -2.21. The normalized spacial score (nSPS) is 14.7. The first-order chi connectivity index (χ1) is 14.3. The second-order valence-electron chi connectivity index (χ2n) is 7.81. The molecule has 0 bridgehead atoms. The highest BCUT2D eigenvalue weighted by Gasteiger charge is 2.15. The molecule has 2 aromatic heterocycles. The highest BCUT2D eigenvalue weighted by atomic mass is 35.5. The van der Waals surface area contributed by atoms with Crippen molar-refractivity contribution >= 4 is 23.4 Å². The van der Waals surface area contributed by atoms with E-state index in [0.717, 1.165) is 60.9 Å². The summed E-state index contributed by atoms with van der Waals surface area (Å²) >= 11 is 0. The Kier molecular flexibility index (Phi) is 6.45. The molecule has 0 aliphatic carbocycles. The summed E-state index contributed by atoms with van der Waals surface area (Å²) in [7, 11) is 0. The number of nitrogens with one attached hydrogen (secondary N) is 1. The van der Waals surface area contributed by atoms with Gasteiger partial charge in [-0.3, -0.25) is 0 Å². The van der Waals surface area contributed by atoms with Crippen LogP contribution in [0.5, 0.6) is 0 Å². The molecule has 156 valence electrons. The molecule has 0 unspecified atom stereocenters. The van der Waals surface area contributed by atoms with Crippen LogP contribution in [0, 0.1) is 5.92 Å². The fourth-order valence-electron chi connectivity index (χ4n) is 4.11. The smallest absolute Gasteiger partial charge is 0.226 e. The molecule has 0 spiro atoms. The molecule has 30 heavy (non-hydrogen) atoms. The average molecular weight is 424 g/mol. The second-order valence-corrected chi connectivity index (χ2v) is 7.81. The van der Waals surface area contributed by atoms with E-state index in [0.29, 0.717) is 5.82 Å². The molecule has 7 heteroatoms. The highest BCUT2D eigenvalue weighted by Crippen LogP contribution is 2.22. The Labute approximate surface area is 182 Å². The zero-order valence-corrected chi connectivity index (χ0v) is 17.6. The van der Waals surface area contributed by atoms with Gasteiger partial charge in [0.1, 0.15) is 0 Å². The third kappa shape index (κ3) is 4.55. The van der Waals surface area contributed by atoms with E-state index in [1.54, 1.807) is 0 Å². The van der Waals surface area contributed by atoms with Crippen LogP contribution in [0.1, 0.15) is 30.7 Å². The molecule has 1 aliphatic heterocycles. The molecule has 0 saturated carbocycles. The van der Waals surface area contributed by atoms with Crippen molar-refractivity contribution in [2.75, 3.05) is 13.1 Å². The number of hydrogen-bond acceptors (Lipinski definition) is 5. The first-order valence-corrected chi connectivity index (χ1v) is 10.4. The summed E-state index contributed by atoms with van der Waals surface area (Å²) in [6, 6.07) is 16.5. The van der Waals surface area contributed by atoms with Crippen molar-refractivity contribution in [1.29, 1.82) is 0 Å². The fourth-order valence-corrected chi connectivity index (χ4v) is 4.11. The van der Waals surface area contributed by atoms with Crippen LogP contribution in [0.3, 0.4) is 0 Å². The molecular formula is C23H26ClN5O. The van der Waals surface area contributed by atoms with E-state index in [4.69, 9.17) is 4.52 Å². The molecule has 3 heterocycles. The molecular weight excluding hydrogens is 398 g/mol. The van der Waals surface area contributed by atoms with E-state index < -0.39 is 0 Å². The largest absolute Gasteiger partial charge is 0.339 e. The number of aromatic nitrogens is 4. The van der Waals surface area contributed by atoms with Gasteiger partial charge >= 0.3 is 0 Å². The zero-order valence-electron chi connectivity index (χ0n) is 16.8. The van der Waals surface area contributed by atoms with Crippen molar-refractivity contribution in [3.8, 4) is 11.4 Å². The van der Waals surface area contributed by atoms with Gasteiger partial charge in [0.05, 0.1) is 17.4 Å². The highest BCUT2D eigenvalue weighted by molar-refractivity contribution is 5.85. The lowest BCUT2D eigenvalue weighted by Crippen LogP contribution is -2.27. The van der Waals surface area contributed by atoms with Gasteiger partial charge in [0.25, 0.3) is 0 Å². The first kappa shape index (κ1) is 20.6. The summed E-state index contributed by atoms with van der Waals surface area (Å²) in [5.74, 6) is 2.17. The molecule has 1 aliphatic rings. The number of aryl methyl sites for hydroxylation is 1. The van der Waals surface area contributed by atoms with Gasteiger partial charge in [-0.25, -0.2) is 4.98 Å². The van der Waals surface area contributed by atoms with E-state index >= 15 is 0 Å². The van der Waals surface area contributed by atoms with Crippen molar-refractivity contribution in [2.24, 2.45) is 5.92 Å². The van der Waals surface area contributed by atoms with Gasteiger partial charge in [-0.05, 0) is 62.0 Å². The quantitative estimate of drug-likeness (QED) is 0.495. The Morgan fingerprint density at radius 3 is 2.83 bits per heavy atom. The predicted octanol–water partition coefficient (Wildman–Crippen LogP) is 4.49. The van der Waals surface area contributed by atoms with Crippen LogP contribution in [0.2, 0.25) is 0 Å². The Hall–Kier alpha value is -2.70. The van der Waals surface area contributed by atoms with Crippen LogP contribution >= 0.6 is 12.4 Å². The lowest BCUT2D eigenvalue weighted by atomic mass is 9.93. The van der Waals surface area contributed by atoms with Crippen LogP contribution in [0.25, 0.3) is 22.4 Å². The molecule has 0 amide bonds. The Morgan fingerprint density at radius 2 is 1.93 bits per heavy atom. The summed E-state index contributed by atoms with van der Waals surface area (Å²) in [4.78, 5) is 9.12. The number of halogens is 1. The van der Waals surface area contributed by atoms with E-state index in [-0.39, 0.29) is 12.4 Å². The SMILES string of the molecule is Cl.c1cc(Cn2cnc3ccccc32)cc(-c2noc(CCC3CCNCC3)n2)c1. The maximum absolute atomic E-state index is 5.52.